The van der Waals surface area contributed by atoms with Crippen molar-refractivity contribution in [1.82, 2.24) is 5.32 Å². The highest BCUT2D eigenvalue weighted by Gasteiger charge is 2.29. The van der Waals surface area contributed by atoms with Gasteiger partial charge in [-0.1, -0.05) is 6.07 Å². The van der Waals surface area contributed by atoms with Crippen LogP contribution in [0.1, 0.15) is 19.4 Å². The third-order valence-electron chi connectivity index (χ3n) is 3.15. The van der Waals surface area contributed by atoms with Crippen LogP contribution in [0.4, 0.5) is 5.69 Å². The lowest BCUT2D eigenvalue weighted by Crippen LogP contribution is -2.52. The van der Waals surface area contributed by atoms with Crippen LogP contribution in [-0.4, -0.2) is 36.3 Å². The second-order valence-corrected chi connectivity index (χ2v) is 5.67. The Morgan fingerprint density at radius 1 is 1.55 bits per heavy atom. The van der Waals surface area contributed by atoms with E-state index in [-0.39, 0.29) is 17.4 Å². The van der Waals surface area contributed by atoms with Gasteiger partial charge < -0.3 is 14.8 Å². The van der Waals surface area contributed by atoms with Gasteiger partial charge in [0.2, 0.25) is 0 Å². The van der Waals surface area contributed by atoms with Crippen molar-refractivity contribution in [3.63, 3.8) is 0 Å². The van der Waals surface area contributed by atoms with E-state index >= 15 is 0 Å². The second kappa shape index (κ2) is 5.76. The van der Waals surface area contributed by atoms with Gasteiger partial charge in [0.25, 0.3) is 0 Å². The molecule has 2 rings (SSSR count). The van der Waals surface area contributed by atoms with Crippen molar-refractivity contribution < 1.29 is 14.4 Å². The van der Waals surface area contributed by atoms with Gasteiger partial charge in [-0.25, -0.2) is 0 Å². The smallest absolute Gasteiger partial charge is 0.310 e. The molecule has 0 bridgehead atoms. The highest BCUT2D eigenvalue weighted by atomic mass is 16.6. The Labute approximate surface area is 118 Å². The number of ether oxygens (including phenoxy) is 2. The van der Waals surface area contributed by atoms with Crippen molar-refractivity contribution in [2.45, 2.75) is 32.5 Å². The van der Waals surface area contributed by atoms with E-state index < -0.39 is 4.92 Å². The van der Waals surface area contributed by atoms with E-state index in [1.807, 2.05) is 20.8 Å². The van der Waals surface area contributed by atoms with Crippen LogP contribution in [0.3, 0.4) is 0 Å². The largest absolute Gasteiger partial charge is 0.484 e. The Hall–Kier alpha value is -1.66. The quantitative estimate of drug-likeness (QED) is 0.675. The van der Waals surface area contributed by atoms with Crippen LogP contribution in [0.2, 0.25) is 0 Å². The van der Waals surface area contributed by atoms with Crippen LogP contribution in [0.25, 0.3) is 0 Å². The molecule has 0 radical (unpaired) electrons. The van der Waals surface area contributed by atoms with Gasteiger partial charge in [-0.05, 0) is 32.4 Å². The van der Waals surface area contributed by atoms with Gasteiger partial charge >= 0.3 is 5.69 Å². The number of rotatable bonds is 4. The SMILES string of the molecule is Cc1ccc([N+](=O)[O-])c(OCC2CNCC(C)(C)O2)c1. The molecule has 1 N–H and O–H groups in total. The summed E-state index contributed by atoms with van der Waals surface area (Å²) in [5, 5.41) is 14.2. The molecule has 1 aromatic rings. The van der Waals surface area contributed by atoms with Gasteiger partial charge in [0.1, 0.15) is 12.7 Å². The first-order chi connectivity index (χ1) is 9.37. The van der Waals surface area contributed by atoms with Crippen LogP contribution < -0.4 is 10.1 Å². The minimum absolute atomic E-state index is 0.0152. The van der Waals surface area contributed by atoms with Gasteiger partial charge in [-0.3, -0.25) is 10.1 Å². The molecule has 0 amide bonds. The number of morpholine rings is 1. The molecule has 1 unspecified atom stereocenters. The van der Waals surface area contributed by atoms with E-state index in [1.54, 1.807) is 12.1 Å². The zero-order valence-electron chi connectivity index (χ0n) is 12.0. The molecule has 1 saturated heterocycles. The molecule has 1 atom stereocenters. The minimum atomic E-state index is -0.432. The first-order valence-corrected chi connectivity index (χ1v) is 6.64. The average Bonchev–Trinajstić information content (AvgIpc) is 2.35. The average molecular weight is 280 g/mol. The summed E-state index contributed by atoms with van der Waals surface area (Å²) in [6.45, 7) is 7.64. The van der Waals surface area contributed by atoms with E-state index in [9.17, 15) is 10.1 Å². The lowest BCUT2D eigenvalue weighted by Gasteiger charge is -2.36. The normalized spacial score (nSPS) is 21.4. The summed E-state index contributed by atoms with van der Waals surface area (Å²) in [6, 6.07) is 4.85. The molecular weight excluding hydrogens is 260 g/mol. The number of benzene rings is 1. The summed E-state index contributed by atoms with van der Waals surface area (Å²) in [6.07, 6.45) is -0.112. The molecule has 0 saturated carbocycles. The van der Waals surface area contributed by atoms with Crippen molar-refractivity contribution in [2.75, 3.05) is 19.7 Å². The molecule has 1 aromatic carbocycles. The molecule has 1 heterocycles. The Balaban J connectivity index is 2.03. The van der Waals surface area contributed by atoms with Gasteiger partial charge in [0, 0.05) is 19.2 Å². The van der Waals surface area contributed by atoms with Gasteiger partial charge in [0.05, 0.1) is 10.5 Å². The molecule has 1 aliphatic heterocycles. The van der Waals surface area contributed by atoms with Crippen molar-refractivity contribution >= 4 is 5.69 Å². The number of nitrogens with one attached hydrogen (secondary N) is 1. The number of hydrogen-bond acceptors (Lipinski definition) is 5. The summed E-state index contributed by atoms with van der Waals surface area (Å²) in [5.74, 6) is 0.293. The van der Waals surface area contributed by atoms with Crippen molar-refractivity contribution in [3.05, 3.63) is 33.9 Å². The fraction of sp³-hybridized carbons (Fsp3) is 0.571. The molecule has 6 nitrogen and oxygen atoms in total. The third-order valence-corrected chi connectivity index (χ3v) is 3.15. The maximum absolute atomic E-state index is 11.0. The number of hydrogen-bond donors (Lipinski definition) is 1. The predicted octanol–water partition coefficient (Wildman–Crippen LogP) is 2.05. The molecule has 1 aliphatic rings. The van der Waals surface area contributed by atoms with E-state index in [1.165, 1.54) is 6.07 Å². The lowest BCUT2D eigenvalue weighted by atomic mass is 10.1. The van der Waals surface area contributed by atoms with Gasteiger partial charge in [-0.15, -0.1) is 0 Å². The van der Waals surface area contributed by atoms with Crippen LogP contribution >= 0.6 is 0 Å². The number of nitro groups is 1. The minimum Gasteiger partial charge on any atom is -0.484 e. The van der Waals surface area contributed by atoms with Crippen molar-refractivity contribution in [1.29, 1.82) is 0 Å². The monoisotopic (exact) mass is 280 g/mol. The zero-order chi connectivity index (χ0) is 14.8. The number of nitrogens with zero attached hydrogens (tertiary/aromatic N) is 1. The third kappa shape index (κ3) is 3.68. The maximum Gasteiger partial charge on any atom is 0.310 e. The van der Waals surface area contributed by atoms with Crippen LogP contribution in [0.15, 0.2) is 18.2 Å². The molecule has 0 aliphatic carbocycles. The molecule has 1 fully saturated rings. The second-order valence-electron chi connectivity index (χ2n) is 5.67. The first-order valence-electron chi connectivity index (χ1n) is 6.64. The molecule has 6 heteroatoms. The van der Waals surface area contributed by atoms with Crippen LogP contribution in [0, 0.1) is 17.0 Å². The van der Waals surface area contributed by atoms with Crippen LogP contribution in [0.5, 0.6) is 5.75 Å². The number of aryl methyl sites for hydroxylation is 1. The fourth-order valence-corrected chi connectivity index (χ4v) is 2.23. The molecule has 110 valence electrons. The van der Waals surface area contributed by atoms with Gasteiger partial charge in [0.15, 0.2) is 5.75 Å². The maximum atomic E-state index is 11.0. The summed E-state index contributed by atoms with van der Waals surface area (Å²) < 4.78 is 11.5. The standard InChI is InChI=1S/C14H20N2O4/c1-10-4-5-12(16(17)18)13(6-10)19-8-11-7-15-9-14(2,3)20-11/h4-6,11,15H,7-9H2,1-3H3. The van der Waals surface area contributed by atoms with E-state index in [0.29, 0.717) is 18.9 Å². The number of nitro benzene ring substituents is 1. The Morgan fingerprint density at radius 3 is 2.95 bits per heavy atom. The van der Waals surface area contributed by atoms with E-state index in [0.717, 1.165) is 12.1 Å². The highest BCUT2D eigenvalue weighted by molar-refractivity contribution is 5.48. The van der Waals surface area contributed by atoms with Gasteiger partial charge in [-0.2, -0.15) is 0 Å². The predicted molar refractivity (Wildman–Crippen MR) is 75.2 cm³/mol. The van der Waals surface area contributed by atoms with Crippen molar-refractivity contribution in [2.24, 2.45) is 0 Å². The van der Waals surface area contributed by atoms with Crippen LogP contribution in [-0.2, 0) is 4.74 Å². The first kappa shape index (κ1) is 14.7. The Morgan fingerprint density at radius 2 is 2.30 bits per heavy atom. The van der Waals surface area contributed by atoms with E-state index in [4.69, 9.17) is 9.47 Å². The highest BCUT2D eigenvalue weighted by Crippen LogP contribution is 2.28. The topological polar surface area (TPSA) is 73.6 Å². The fourth-order valence-electron chi connectivity index (χ4n) is 2.23. The summed E-state index contributed by atoms with van der Waals surface area (Å²) in [5.41, 5.74) is 0.664. The van der Waals surface area contributed by atoms with E-state index in [2.05, 4.69) is 5.32 Å². The van der Waals surface area contributed by atoms with Crippen molar-refractivity contribution in [3.8, 4) is 5.75 Å². The molecule has 0 aromatic heterocycles. The molecule has 20 heavy (non-hydrogen) atoms. The Kier molecular flexibility index (Phi) is 4.25. The lowest BCUT2D eigenvalue weighted by molar-refractivity contribution is -0.386. The summed E-state index contributed by atoms with van der Waals surface area (Å²) in [7, 11) is 0. The zero-order valence-corrected chi connectivity index (χ0v) is 12.0. The molecular formula is C14H20N2O4. The summed E-state index contributed by atoms with van der Waals surface area (Å²) in [4.78, 5) is 10.5. The summed E-state index contributed by atoms with van der Waals surface area (Å²) >= 11 is 0. The molecule has 0 spiro atoms. The Bertz CT molecular complexity index is 502.